The molecule has 0 unspecified atom stereocenters. The maximum atomic E-state index is 11.4. The minimum atomic E-state index is -0.482. The fourth-order valence-electron chi connectivity index (χ4n) is 1.28. The van der Waals surface area contributed by atoms with E-state index in [0.717, 1.165) is 10.0 Å². The van der Waals surface area contributed by atoms with E-state index >= 15 is 0 Å². The maximum absolute atomic E-state index is 11.4. The van der Waals surface area contributed by atoms with Crippen molar-refractivity contribution in [3.05, 3.63) is 33.3 Å². The summed E-state index contributed by atoms with van der Waals surface area (Å²) in [6, 6.07) is 5.52. The van der Waals surface area contributed by atoms with Crippen LogP contribution in [0.2, 0.25) is 5.02 Å². The quantitative estimate of drug-likeness (QED) is 0.630. The van der Waals surface area contributed by atoms with Crippen molar-refractivity contribution in [2.45, 2.75) is 32.8 Å². The number of halogens is 2. The first-order valence-electron chi connectivity index (χ1n) is 6.19. The van der Waals surface area contributed by atoms with Crippen LogP contribution in [0.15, 0.2) is 22.7 Å². The highest BCUT2D eigenvalue weighted by Crippen LogP contribution is 2.22. The Morgan fingerprint density at radius 3 is 2.75 bits per heavy atom. The zero-order valence-corrected chi connectivity index (χ0v) is 14.1. The smallest absolute Gasteiger partial charge is 0.407 e. The minimum Gasteiger partial charge on any atom is -0.444 e. The van der Waals surface area contributed by atoms with Crippen LogP contribution in [0.5, 0.6) is 0 Å². The van der Waals surface area contributed by atoms with Gasteiger partial charge in [0.15, 0.2) is 0 Å². The maximum Gasteiger partial charge on any atom is 0.407 e. The Morgan fingerprint density at radius 2 is 2.15 bits per heavy atom. The number of hydrogen-bond acceptors (Lipinski definition) is 2. The van der Waals surface area contributed by atoms with E-state index in [4.69, 9.17) is 16.3 Å². The Balaban J connectivity index is 2.36. The molecule has 0 aliphatic rings. The van der Waals surface area contributed by atoms with E-state index in [1.54, 1.807) is 6.07 Å². The molecule has 0 spiro atoms. The number of carbonyl (C=O) groups excluding carboxylic acids is 1. The highest BCUT2D eigenvalue weighted by molar-refractivity contribution is 9.10. The molecule has 1 aromatic rings. The second-order valence-corrected chi connectivity index (χ2v) is 6.37. The molecule has 0 atom stereocenters. The fourth-order valence-corrected chi connectivity index (χ4v) is 1.71. The molecule has 0 aliphatic carbocycles. The van der Waals surface area contributed by atoms with Gasteiger partial charge in [-0.2, -0.15) is 0 Å². The Bertz CT molecular complexity index is 541. The van der Waals surface area contributed by atoms with Crippen LogP contribution < -0.4 is 5.32 Å². The number of benzene rings is 1. The predicted octanol–water partition coefficient (Wildman–Crippen LogP) is 4.37. The molecule has 0 aliphatic heterocycles. The van der Waals surface area contributed by atoms with E-state index in [0.29, 0.717) is 18.0 Å². The van der Waals surface area contributed by atoms with Crippen LogP contribution in [-0.2, 0) is 4.74 Å². The van der Waals surface area contributed by atoms with Gasteiger partial charge in [0.1, 0.15) is 5.60 Å². The Morgan fingerprint density at radius 1 is 1.45 bits per heavy atom. The molecule has 0 fully saturated rings. The zero-order chi connectivity index (χ0) is 15.2. The summed E-state index contributed by atoms with van der Waals surface area (Å²) in [5.74, 6) is 5.96. The SMILES string of the molecule is CC(C)(C)OC(=O)NCCC#Cc1ccc(Br)c(Cl)c1. The van der Waals surface area contributed by atoms with Crippen molar-refractivity contribution in [2.75, 3.05) is 6.54 Å². The van der Waals surface area contributed by atoms with Crippen LogP contribution in [-0.4, -0.2) is 18.2 Å². The molecule has 1 amide bonds. The molecule has 1 aromatic carbocycles. The molecule has 5 heteroatoms. The first-order valence-corrected chi connectivity index (χ1v) is 7.36. The van der Waals surface area contributed by atoms with Gasteiger partial charge in [0.2, 0.25) is 0 Å². The molecule has 0 heterocycles. The number of nitrogens with one attached hydrogen (secondary N) is 1. The van der Waals surface area contributed by atoms with Gasteiger partial charge in [-0.1, -0.05) is 23.4 Å². The van der Waals surface area contributed by atoms with Crippen LogP contribution in [0, 0.1) is 11.8 Å². The van der Waals surface area contributed by atoms with E-state index in [1.165, 1.54) is 0 Å². The van der Waals surface area contributed by atoms with E-state index in [2.05, 4.69) is 33.1 Å². The van der Waals surface area contributed by atoms with Crippen LogP contribution in [0.3, 0.4) is 0 Å². The molecular formula is C15H17BrClNO2. The fraction of sp³-hybridized carbons (Fsp3) is 0.400. The molecule has 3 nitrogen and oxygen atoms in total. The summed E-state index contributed by atoms with van der Waals surface area (Å²) in [7, 11) is 0. The van der Waals surface area contributed by atoms with Crippen LogP contribution >= 0.6 is 27.5 Å². The molecule has 0 bridgehead atoms. The molecule has 1 rings (SSSR count). The van der Waals surface area contributed by atoms with E-state index in [-0.39, 0.29) is 0 Å². The monoisotopic (exact) mass is 357 g/mol. The van der Waals surface area contributed by atoms with Crippen molar-refractivity contribution < 1.29 is 9.53 Å². The molecule has 0 aromatic heterocycles. The second kappa shape index (κ2) is 7.56. The van der Waals surface area contributed by atoms with Gasteiger partial charge in [0, 0.05) is 23.0 Å². The van der Waals surface area contributed by atoms with E-state index < -0.39 is 11.7 Å². The number of carbonyl (C=O) groups is 1. The average molecular weight is 359 g/mol. The van der Waals surface area contributed by atoms with Gasteiger partial charge < -0.3 is 10.1 Å². The zero-order valence-electron chi connectivity index (χ0n) is 11.7. The highest BCUT2D eigenvalue weighted by Gasteiger charge is 2.15. The van der Waals surface area contributed by atoms with Crippen molar-refractivity contribution >= 4 is 33.6 Å². The van der Waals surface area contributed by atoms with Gasteiger partial charge in [0.25, 0.3) is 0 Å². The number of rotatable bonds is 2. The number of amides is 1. The summed E-state index contributed by atoms with van der Waals surface area (Å²) in [5.41, 5.74) is 0.361. The first-order chi connectivity index (χ1) is 9.28. The van der Waals surface area contributed by atoms with Crippen molar-refractivity contribution in [2.24, 2.45) is 0 Å². The summed E-state index contributed by atoms with van der Waals surface area (Å²) in [6.45, 7) is 5.92. The van der Waals surface area contributed by atoms with Gasteiger partial charge >= 0.3 is 6.09 Å². The van der Waals surface area contributed by atoms with Crippen LogP contribution in [0.25, 0.3) is 0 Å². The van der Waals surface area contributed by atoms with Crippen LogP contribution in [0.4, 0.5) is 4.79 Å². The van der Waals surface area contributed by atoms with Gasteiger partial charge in [0.05, 0.1) is 5.02 Å². The predicted molar refractivity (Wildman–Crippen MR) is 84.9 cm³/mol. The summed E-state index contributed by atoms with van der Waals surface area (Å²) in [5, 5.41) is 3.28. The Hall–Kier alpha value is -1.18. The second-order valence-electron chi connectivity index (χ2n) is 5.11. The molecular weight excluding hydrogens is 342 g/mol. The largest absolute Gasteiger partial charge is 0.444 e. The lowest BCUT2D eigenvalue weighted by Gasteiger charge is -2.19. The Kier molecular flexibility index (Phi) is 6.38. The standard InChI is InChI=1S/C15H17BrClNO2/c1-15(2,3)20-14(19)18-9-5-4-6-11-7-8-12(16)13(17)10-11/h7-8,10H,5,9H2,1-3H3,(H,18,19). The summed E-state index contributed by atoms with van der Waals surface area (Å²) in [6.07, 6.45) is 0.124. The third kappa shape index (κ3) is 6.83. The third-order valence-electron chi connectivity index (χ3n) is 2.07. The molecule has 1 N–H and O–H groups in total. The Labute approximate surface area is 133 Å². The number of ether oxygens (including phenoxy) is 1. The van der Waals surface area contributed by atoms with Gasteiger partial charge in [-0.15, -0.1) is 0 Å². The summed E-state index contributed by atoms with van der Waals surface area (Å²) in [4.78, 5) is 11.4. The molecule has 0 radical (unpaired) electrons. The lowest BCUT2D eigenvalue weighted by Crippen LogP contribution is -2.32. The molecule has 0 saturated carbocycles. The lowest BCUT2D eigenvalue weighted by molar-refractivity contribution is 0.0529. The first kappa shape index (κ1) is 16.9. The van der Waals surface area contributed by atoms with Gasteiger partial charge in [-0.05, 0) is 54.9 Å². The summed E-state index contributed by atoms with van der Waals surface area (Å²) < 4.78 is 5.95. The number of hydrogen-bond donors (Lipinski definition) is 1. The van der Waals surface area contributed by atoms with Crippen molar-refractivity contribution in [1.82, 2.24) is 5.32 Å². The van der Waals surface area contributed by atoms with Crippen molar-refractivity contribution in [3.63, 3.8) is 0 Å². The highest BCUT2D eigenvalue weighted by atomic mass is 79.9. The van der Waals surface area contributed by atoms with E-state index in [9.17, 15) is 4.79 Å². The van der Waals surface area contributed by atoms with Crippen LogP contribution in [0.1, 0.15) is 32.8 Å². The minimum absolute atomic E-state index is 0.425. The normalized spacial score (nSPS) is 10.4. The summed E-state index contributed by atoms with van der Waals surface area (Å²) >= 11 is 9.29. The third-order valence-corrected chi connectivity index (χ3v) is 3.30. The average Bonchev–Trinajstić information content (AvgIpc) is 2.31. The number of alkyl carbamates (subject to hydrolysis) is 1. The van der Waals surface area contributed by atoms with Gasteiger partial charge in [-0.3, -0.25) is 0 Å². The molecule has 108 valence electrons. The van der Waals surface area contributed by atoms with Gasteiger partial charge in [-0.25, -0.2) is 4.79 Å². The van der Waals surface area contributed by atoms with Crippen molar-refractivity contribution in [1.29, 1.82) is 0 Å². The molecule has 0 saturated heterocycles. The van der Waals surface area contributed by atoms with E-state index in [1.807, 2.05) is 32.9 Å². The topological polar surface area (TPSA) is 38.3 Å². The molecule has 20 heavy (non-hydrogen) atoms. The lowest BCUT2D eigenvalue weighted by atomic mass is 10.2. The van der Waals surface area contributed by atoms with Crippen molar-refractivity contribution in [3.8, 4) is 11.8 Å².